The van der Waals surface area contributed by atoms with Crippen LogP contribution in [0.25, 0.3) is 0 Å². The third-order valence-corrected chi connectivity index (χ3v) is 4.81. The Bertz CT molecular complexity index is 164. The zero-order valence-electron chi connectivity index (χ0n) is 10.8. The van der Waals surface area contributed by atoms with E-state index >= 15 is 0 Å². The molecule has 1 rings (SSSR count). The summed E-state index contributed by atoms with van der Waals surface area (Å²) >= 11 is 1.91. The lowest BCUT2D eigenvalue weighted by Gasteiger charge is -2.20. The van der Waals surface area contributed by atoms with Crippen LogP contribution in [0.4, 0.5) is 0 Å². The summed E-state index contributed by atoms with van der Waals surface area (Å²) in [5, 5.41) is 10.1. The lowest BCUT2D eigenvalue weighted by atomic mass is 9.95. The average molecular weight is 244 g/mol. The molecule has 2 heteroatoms. The van der Waals surface area contributed by atoms with Gasteiger partial charge in [-0.05, 0) is 18.6 Å². The van der Waals surface area contributed by atoms with Crippen LogP contribution < -0.4 is 0 Å². The third-order valence-electron chi connectivity index (χ3n) is 3.58. The lowest BCUT2D eigenvalue weighted by molar-refractivity contribution is 0.0561. The molecule has 0 aromatic heterocycles. The van der Waals surface area contributed by atoms with Crippen molar-refractivity contribution in [3.05, 3.63) is 0 Å². The Morgan fingerprint density at radius 3 is 2.19 bits per heavy atom. The summed E-state index contributed by atoms with van der Waals surface area (Å²) in [6.07, 6.45) is 12.9. The number of rotatable bonds is 9. The van der Waals surface area contributed by atoms with Crippen LogP contribution >= 0.6 is 11.8 Å². The molecule has 1 aliphatic heterocycles. The second kappa shape index (κ2) is 8.41. The Labute approximate surface area is 105 Å². The van der Waals surface area contributed by atoms with Crippen molar-refractivity contribution in [3.8, 4) is 0 Å². The van der Waals surface area contributed by atoms with Crippen molar-refractivity contribution < 1.29 is 5.11 Å². The molecule has 1 aliphatic rings. The van der Waals surface area contributed by atoms with Gasteiger partial charge in [-0.1, -0.05) is 58.3 Å². The first-order chi connectivity index (χ1) is 7.77. The van der Waals surface area contributed by atoms with Crippen LogP contribution in [0.2, 0.25) is 0 Å². The fourth-order valence-electron chi connectivity index (χ4n) is 2.38. The SMILES string of the molecule is CCCCCCCCCCC1(O)CCSC1. The van der Waals surface area contributed by atoms with E-state index in [9.17, 15) is 5.11 Å². The molecule has 16 heavy (non-hydrogen) atoms. The van der Waals surface area contributed by atoms with Crippen LogP contribution in [0.1, 0.15) is 71.1 Å². The van der Waals surface area contributed by atoms with E-state index in [0.717, 1.165) is 24.3 Å². The van der Waals surface area contributed by atoms with Crippen molar-refractivity contribution in [1.82, 2.24) is 0 Å². The van der Waals surface area contributed by atoms with E-state index in [2.05, 4.69) is 6.92 Å². The molecule has 0 bridgehead atoms. The van der Waals surface area contributed by atoms with Gasteiger partial charge >= 0.3 is 0 Å². The van der Waals surface area contributed by atoms with Gasteiger partial charge in [-0.2, -0.15) is 11.8 Å². The van der Waals surface area contributed by atoms with E-state index < -0.39 is 0 Å². The normalized spacial score (nSPS) is 25.1. The van der Waals surface area contributed by atoms with Gasteiger partial charge < -0.3 is 5.11 Å². The van der Waals surface area contributed by atoms with E-state index in [4.69, 9.17) is 0 Å². The Morgan fingerprint density at radius 1 is 1.00 bits per heavy atom. The first-order valence-corrected chi connectivity index (χ1v) is 8.22. The molecular weight excluding hydrogens is 216 g/mol. The van der Waals surface area contributed by atoms with Crippen molar-refractivity contribution in [3.63, 3.8) is 0 Å². The summed E-state index contributed by atoms with van der Waals surface area (Å²) in [5.74, 6) is 2.14. The highest BCUT2D eigenvalue weighted by Crippen LogP contribution is 2.32. The Kier molecular flexibility index (Phi) is 7.55. The van der Waals surface area contributed by atoms with E-state index in [-0.39, 0.29) is 5.60 Å². The molecule has 0 radical (unpaired) electrons. The highest BCUT2D eigenvalue weighted by Gasteiger charge is 2.30. The molecule has 0 aliphatic carbocycles. The van der Waals surface area contributed by atoms with E-state index in [1.807, 2.05) is 11.8 Å². The van der Waals surface area contributed by atoms with Crippen LogP contribution in [0.3, 0.4) is 0 Å². The van der Waals surface area contributed by atoms with Crippen LogP contribution in [0.5, 0.6) is 0 Å². The van der Waals surface area contributed by atoms with Crippen molar-refractivity contribution in [2.45, 2.75) is 76.7 Å². The lowest BCUT2D eigenvalue weighted by Crippen LogP contribution is -2.27. The number of thioether (sulfide) groups is 1. The van der Waals surface area contributed by atoms with E-state index in [1.54, 1.807) is 0 Å². The third kappa shape index (κ3) is 6.15. The quantitative estimate of drug-likeness (QED) is 0.607. The number of hydrogen-bond donors (Lipinski definition) is 1. The Morgan fingerprint density at radius 2 is 1.62 bits per heavy atom. The highest BCUT2D eigenvalue weighted by atomic mass is 32.2. The minimum absolute atomic E-state index is 0.299. The van der Waals surface area contributed by atoms with Gasteiger partial charge in [0.15, 0.2) is 0 Å². The van der Waals surface area contributed by atoms with Gasteiger partial charge in [-0.15, -0.1) is 0 Å². The van der Waals surface area contributed by atoms with Gasteiger partial charge in [0.2, 0.25) is 0 Å². The average Bonchev–Trinajstić information content (AvgIpc) is 2.70. The molecule has 1 heterocycles. The number of aliphatic hydroxyl groups is 1. The minimum Gasteiger partial charge on any atom is -0.389 e. The fourth-order valence-corrected chi connectivity index (χ4v) is 3.72. The Hall–Kier alpha value is 0.310. The molecule has 1 nitrogen and oxygen atoms in total. The molecule has 0 aromatic rings. The molecule has 1 unspecified atom stereocenters. The smallest absolute Gasteiger partial charge is 0.0745 e. The van der Waals surface area contributed by atoms with E-state index in [1.165, 1.54) is 51.4 Å². The van der Waals surface area contributed by atoms with Gasteiger partial charge in [-0.25, -0.2) is 0 Å². The van der Waals surface area contributed by atoms with Gasteiger partial charge in [0.05, 0.1) is 5.60 Å². The molecule has 0 amide bonds. The van der Waals surface area contributed by atoms with Gasteiger partial charge in [-0.3, -0.25) is 0 Å². The van der Waals surface area contributed by atoms with Crippen LogP contribution in [-0.2, 0) is 0 Å². The van der Waals surface area contributed by atoms with Crippen LogP contribution in [-0.4, -0.2) is 22.2 Å². The summed E-state index contributed by atoms with van der Waals surface area (Å²) in [6, 6.07) is 0. The van der Waals surface area contributed by atoms with E-state index in [0.29, 0.717) is 0 Å². The summed E-state index contributed by atoms with van der Waals surface area (Å²) < 4.78 is 0. The molecule has 0 spiro atoms. The molecule has 1 saturated heterocycles. The van der Waals surface area contributed by atoms with Gasteiger partial charge in [0.1, 0.15) is 0 Å². The van der Waals surface area contributed by atoms with Crippen LogP contribution in [0, 0.1) is 0 Å². The standard InChI is InChI=1S/C14H28OS/c1-2-3-4-5-6-7-8-9-10-14(15)11-12-16-13-14/h15H,2-13H2,1H3. The predicted octanol–water partition coefficient (Wildman–Crippen LogP) is 4.39. The molecule has 1 fully saturated rings. The highest BCUT2D eigenvalue weighted by molar-refractivity contribution is 7.99. The summed E-state index contributed by atoms with van der Waals surface area (Å²) in [7, 11) is 0. The minimum atomic E-state index is -0.299. The van der Waals surface area contributed by atoms with Gasteiger partial charge in [0.25, 0.3) is 0 Å². The molecule has 1 atom stereocenters. The van der Waals surface area contributed by atoms with Crippen molar-refractivity contribution in [2.75, 3.05) is 11.5 Å². The van der Waals surface area contributed by atoms with Crippen molar-refractivity contribution >= 4 is 11.8 Å². The second-order valence-corrected chi connectivity index (χ2v) is 6.36. The van der Waals surface area contributed by atoms with Crippen molar-refractivity contribution in [1.29, 1.82) is 0 Å². The second-order valence-electron chi connectivity index (χ2n) is 5.25. The topological polar surface area (TPSA) is 20.2 Å². The van der Waals surface area contributed by atoms with Crippen LogP contribution in [0.15, 0.2) is 0 Å². The maximum atomic E-state index is 10.1. The molecule has 96 valence electrons. The monoisotopic (exact) mass is 244 g/mol. The first kappa shape index (κ1) is 14.4. The zero-order valence-corrected chi connectivity index (χ0v) is 11.7. The summed E-state index contributed by atoms with van der Waals surface area (Å²) in [4.78, 5) is 0. The maximum absolute atomic E-state index is 10.1. The predicted molar refractivity (Wildman–Crippen MR) is 74.1 cm³/mol. The van der Waals surface area contributed by atoms with Gasteiger partial charge in [0, 0.05) is 5.75 Å². The summed E-state index contributed by atoms with van der Waals surface area (Å²) in [5.41, 5.74) is -0.299. The maximum Gasteiger partial charge on any atom is 0.0745 e. The van der Waals surface area contributed by atoms with Crippen molar-refractivity contribution in [2.24, 2.45) is 0 Å². The number of unbranched alkanes of at least 4 members (excludes halogenated alkanes) is 7. The number of hydrogen-bond acceptors (Lipinski definition) is 2. The molecule has 0 aromatic carbocycles. The largest absolute Gasteiger partial charge is 0.389 e. The fraction of sp³-hybridized carbons (Fsp3) is 1.00. The molecular formula is C14H28OS. The molecule has 1 N–H and O–H groups in total. The summed E-state index contributed by atoms with van der Waals surface area (Å²) in [6.45, 7) is 2.26. The molecule has 0 saturated carbocycles. The first-order valence-electron chi connectivity index (χ1n) is 7.07. The zero-order chi connectivity index (χ0) is 11.7. The Balaban J connectivity index is 1.84.